The van der Waals surface area contributed by atoms with Crippen molar-refractivity contribution in [1.29, 1.82) is 5.41 Å². The van der Waals surface area contributed by atoms with Crippen LogP contribution in [0.2, 0.25) is 0 Å². The predicted molar refractivity (Wildman–Crippen MR) is 86.8 cm³/mol. The molecule has 1 aromatic carbocycles. The monoisotopic (exact) mass is 285 g/mol. The van der Waals surface area contributed by atoms with Crippen molar-refractivity contribution >= 4 is 11.6 Å². The van der Waals surface area contributed by atoms with Gasteiger partial charge in [0, 0.05) is 25.0 Å². The smallest absolute Gasteiger partial charge is 0.192 e. The quantitative estimate of drug-likeness (QED) is 0.434. The van der Waals surface area contributed by atoms with Gasteiger partial charge >= 0.3 is 0 Å². The Hall–Kier alpha value is -2.30. The maximum Gasteiger partial charge on any atom is 0.192 e. The second kappa shape index (κ2) is 7.47. The fourth-order valence-electron chi connectivity index (χ4n) is 2.08. The highest BCUT2D eigenvalue weighted by Gasteiger charge is 1.98. The van der Waals surface area contributed by atoms with E-state index in [0.717, 1.165) is 37.3 Å². The van der Waals surface area contributed by atoms with Crippen molar-refractivity contribution in [3.63, 3.8) is 0 Å². The third kappa shape index (κ3) is 4.95. The lowest BCUT2D eigenvalue weighted by molar-refractivity contribution is 0.629. The number of aryl methyl sites for hydroxylation is 3. The Kier molecular flexibility index (Phi) is 5.37. The summed E-state index contributed by atoms with van der Waals surface area (Å²) in [5.74, 6) is 0.334. The summed E-state index contributed by atoms with van der Waals surface area (Å²) in [6, 6.07) is 8.17. The summed E-state index contributed by atoms with van der Waals surface area (Å²) < 4.78 is 2.07. The first-order valence-electron chi connectivity index (χ1n) is 7.34. The van der Waals surface area contributed by atoms with Crippen LogP contribution < -0.4 is 10.6 Å². The molecule has 0 aliphatic carbocycles. The molecule has 1 heterocycles. The first-order chi connectivity index (χ1) is 10.2. The topological polar surface area (TPSA) is 65.7 Å². The maximum atomic E-state index is 7.87. The number of anilines is 1. The number of nitrogens with zero attached hydrogens (tertiary/aromatic N) is 2. The Morgan fingerprint density at radius 1 is 1.29 bits per heavy atom. The van der Waals surface area contributed by atoms with Crippen LogP contribution in [0.4, 0.5) is 5.69 Å². The highest BCUT2D eigenvalue weighted by atomic mass is 15.1. The standard InChI is InChI=1S/C16H23N5/c1-3-14-5-7-15(8-6-14)20-16(17)18-9-4-10-21-11-13(2)19-12-21/h5-8,11-12H,3-4,9-10H2,1-2H3,(H3,17,18,20). The molecule has 2 aromatic rings. The van der Waals surface area contributed by atoms with Gasteiger partial charge in [0.2, 0.25) is 0 Å². The molecule has 0 fully saturated rings. The summed E-state index contributed by atoms with van der Waals surface area (Å²) in [4.78, 5) is 4.19. The number of hydrogen-bond donors (Lipinski definition) is 3. The molecule has 1 aromatic heterocycles. The molecule has 3 N–H and O–H groups in total. The highest BCUT2D eigenvalue weighted by molar-refractivity contribution is 5.91. The second-order valence-electron chi connectivity index (χ2n) is 5.08. The lowest BCUT2D eigenvalue weighted by Gasteiger charge is -2.11. The van der Waals surface area contributed by atoms with Gasteiger partial charge in [-0.1, -0.05) is 19.1 Å². The van der Waals surface area contributed by atoms with Crippen molar-refractivity contribution in [3.8, 4) is 0 Å². The van der Waals surface area contributed by atoms with Crippen LogP contribution in [-0.2, 0) is 13.0 Å². The molecule has 0 radical (unpaired) electrons. The molecule has 5 nitrogen and oxygen atoms in total. The van der Waals surface area contributed by atoms with Crippen molar-refractivity contribution in [2.75, 3.05) is 11.9 Å². The molecular weight excluding hydrogens is 262 g/mol. The van der Waals surface area contributed by atoms with Crippen molar-refractivity contribution < 1.29 is 0 Å². The molecular formula is C16H23N5. The van der Waals surface area contributed by atoms with Gasteiger partial charge in [0.15, 0.2) is 5.96 Å². The van der Waals surface area contributed by atoms with Crippen molar-refractivity contribution in [2.45, 2.75) is 33.2 Å². The van der Waals surface area contributed by atoms with E-state index in [-0.39, 0.29) is 0 Å². The lowest BCUT2D eigenvalue weighted by atomic mass is 10.1. The molecule has 21 heavy (non-hydrogen) atoms. The molecule has 0 aliphatic rings. The number of benzene rings is 1. The SMILES string of the molecule is CCc1ccc(NC(=N)NCCCn2cnc(C)c2)cc1. The van der Waals surface area contributed by atoms with E-state index in [0.29, 0.717) is 5.96 Å². The van der Waals surface area contributed by atoms with Gasteiger partial charge in [0.25, 0.3) is 0 Å². The molecule has 112 valence electrons. The van der Waals surface area contributed by atoms with Crippen LogP contribution in [0.15, 0.2) is 36.8 Å². The minimum atomic E-state index is 0.334. The number of hydrogen-bond acceptors (Lipinski definition) is 2. The van der Waals surface area contributed by atoms with Crippen LogP contribution in [0.3, 0.4) is 0 Å². The van der Waals surface area contributed by atoms with E-state index < -0.39 is 0 Å². The number of rotatable bonds is 6. The highest BCUT2D eigenvalue weighted by Crippen LogP contribution is 2.09. The molecule has 0 spiro atoms. The molecule has 0 amide bonds. The van der Waals surface area contributed by atoms with E-state index in [1.807, 2.05) is 31.6 Å². The molecule has 2 rings (SSSR count). The Morgan fingerprint density at radius 3 is 2.67 bits per heavy atom. The summed E-state index contributed by atoms with van der Waals surface area (Å²) in [5, 5.41) is 14.0. The summed E-state index contributed by atoms with van der Waals surface area (Å²) in [6.07, 6.45) is 5.85. The summed E-state index contributed by atoms with van der Waals surface area (Å²) >= 11 is 0. The van der Waals surface area contributed by atoms with Crippen LogP contribution in [0.1, 0.15) is 24.6 Å². The van der Waals surface area contributed by atoms with Gasteiger partial charge < -0.3 is 15.2 Å². The van der Waals surface area contributed by atoms with E-state index >= 15 is 0 Å². The number of guanidine groups is 1. The minimum Gasteiger partial charge on any atom is -0.356 e. The van der Waals surface area contributed by atoms with Crippen molar-refractivity contribution in [2.24, 2.45) is 0 Å². The average Bonchev–Trinajstić information content (AvgIpc) is 2.90. The summed E-state index contributed by atoms with van der Waals surface area (Å²) in [5.41, 5.74) is 3.28. The van der Waals surface area contributed by atoms with Crippen molar-refractivity contribution in [1.82, 2.24) is 14.9 Å². The van der Waals surface area contributed by atoms with E-state index in [1.165, 1.54) is 5.56 Å². The van der Waals surface area contributed by atoms with Gasteiger partial charge in [-0.15, -0.1) is 0 Å². The molecule has 0 unspecified atom stereocenters. The zero-order valence-electron chi connectivity index (χ0n) is 12.7. The van der Waals surface area contributed by atoms with E-state index in [2.05, 4.69) is 39.2 Å². The largest absolute Gasteiger partial charge is 0.356 e. The Bertz CT molecular complexity index is 571. The number of aromatic nitrogens is 2. The zero-order chi connectivity index (χ0) is 15.1. The summed E-state index contributed by atoms with van der Waals surface area (Å²) in [6.45, 7) is 5.79. The Labute approximate surface area is 125 Å². The van der Waals surface area contributed by atoms with Crippen molar-refractivity contribution in [3.05, 3.63) is 48.0 Å². The third-order valence-corrected chi connectivity index (χ3v) is 3.29. The molecule has 0 saturated carbocycles. The van der Waals surface area contributed by atoms with Crippen LogP contribution in [0.25, 0.3) is 0 Å². The lowest BCUT2D eigenvalue weighted by Crippen LogP contribution is -2.30. The first-order valence-corrected chi connectivity index (χ1v) is 7.34. The maximum absolute atomic E-state index is 7.87. The fourth-order valence-corrected chi connectivity index (χ4v) is 2.08. The second-order valence-corrected chi connectivity index (χ2v) is 5.08. The molecule has 0 saturated heterocycles. The van der Waals surface area contributed by atoms with Gasteiger partial charge in [0.05, 0.1) is 12.0 Å². The van der Waals surface area contributed by atoms with Crippen LogP contribution in [0.5, 0.6) is 0 Å². The Morgan fingerprint density at radius 2 is 2.05 bits per heavy atom. The normalized spacial score (nSPS) is 10.4. The van der Waals surface area contributed by atoms with E-state index in [1.54, 1.807) is 0 Å². The van der Waals surface area contributed by atoms with Crippen LogP contribution in [0, 0.1) is 12.3 Å². The van der Waals surface area contributed by atoms with E-state index in [9.17, 15) is 0 Å². The van der Waals surface area contributed by atoms with Gasteiger partial charge in [-0.2, -0.15) is 0 Å². The molecule has 0 atom stereocenters. The molecule has 5 heteroatoms. The average molecular weight is 285 g/mol. The van der Waals surface area contributed by atoms with E-state index in [4.69, 9.17) is 5.41 Å². The van der Waals surface area contributed by atoms with Crippen LogP contribution in [-0.4, -0.2) is 22.1 Å². The predicted octanol–water partition coefficient (Wildman–Crippen LogP) is 2.78. The number of imidazole rings is 1. The minimum absolute atomic E-state index is 0.334. The number of nitrogens with one attached hydrogen (secondary N) is 3. The summed E-state index contributed by atoms with van der Waals surface area (Å²) in [7, 11) is 0. The fraction of sp³-hybridized carbons (Fsp3) is 0.375. The zero-order valence-corrected chi connectivity index (χ0v) is 12.7. The van der Waals surface area contributed by atoms with Crippen LogP contribution >= 0.6 is 0 Å². The Balaban J connectivity index is 1.67. The first kappa shape index (κ1) is 15.1. The van der Waals surface area contributed by atoms with Gasteiger partial charge in [-0.25, -0.2) is 4.98 Å². The van der Waals surface area contributed by atoms with Gasteiger partial charge in [-0.05, 0) is 37.5 Å². The van der Waals surface area contributed by atoms with Gasteiger partial charge in [0.1, 0.15) is 0 Å². The molecule has 0 bridgehead atoms. The third-order valence-electron chi connectivity index (χ3n) is 3.29. The molecule has 0 aliphatic heterocycles. The van der Waals surface area contributed by atoms with Gasteiger partial charge in [-0.3, -0.25) is 5.41 Å².